The SMILES string of the molecule is CCN1CCN(C(=O)c2c(NC(=O)c3cccs3)sc3c2CC[C@@H](C)C3)CC1. The molecule has 1 aliphatic heterocycles. The Hall–Kier alpha value is -1.70. The van der Waals surface area contributed by atoms with Crippen LogP contribution in [0.15, 0.2) is 17.5 Å². The largest absolute Gasteiger partial charge is 0.336 e. The molecule has 2 aromatic rings. The maximum atomic E-state index is 13.5. The molecule has 7 heteroatoms. The highest BCUT2D eigenvalue weighted by molar-refractivity contribution is 7.17. The Morgan fingerprint density at radius 2 is 2.04 bits per heavy atom. The van der Waals surface area contributed by atoms with Crippen LogP contribution in [0, 0.1) is 5.92 Å². The van der Waals surface area contributed by atoms with Crippen LogP contribution < -0.4 is 5.32 Å². The summed E-state index contributed by atoms with van der Waals surface area (Å²) in [5, 5.41) is 5.69. The Morgan fingerprint density at radius 3 is 2.71 bits per heavy atom. The lowest BCUT2D eigenvalue weighted by molar-refractivity contribution is 0.0643. The number of anilines is 1. The molecule has 0 radical (unpaired) electrons. The first-order chi connectivity index (χ1) is 13.6. The first-order valence-electron chi connectivity index (χ1n) is 10.1. The van der Waals surface area contributed by atoms with Gasteiger partial charge in [-0.1, -0.05) is 19.9 Å². The van der Waals surface area contributed by atoms with Gasteiger partial charge in [-0.2, -0.15) is 0 Å². The minimum absolute atomic E-state index is 0.0873. The lowest BCUT2D eigenvalue weighted by Crippen LogP contribution is -2.48. The van der Waals surface area contributed by atoms with E-state index in [0.717, 1.165) is 62.6 Å². The van der Waals surface area contributed by atoms with Crippen molar-refractivity contribution in [1.82, 2.24) is 9.80 Å². The Kier molecular flexibility index (Phi) is 5.85. The number of piperazine rings is 1. The molecule has 0 bridgehead atoms. The fraction of sp³-hybridized carbons (Fsp3) is 0.524. The molecule has 2 aliphatic rings. The molecule has 28 heavy (non-hydrogen) atoms. The van der Waals surface area contributed by atoms with Gasteiger partial charge in [0.1, 0.15) is 5.00 Å². The summed E-state index contributed by atoms with van der Waals surface area (Å²) in [5.74, 6) is 0.596. The monoisotopic (exact) mass is 417 g/mol. The van der Waals surface area contributed by atoms with Crippen LogP contribution in [0.3, 0.4) is 0 Å². The van der Waals surface area contributed by atoms with Crippen molar-refractivity contribution in [3.8, 4) is 0 Å². The fourth-order valence-electron chi connectivity index (χ4n) is 4.06. The standard InChI is InChI=1S/C21H27N3O2S2/c1-3-23-8-10-24(11-9-23)21(26)18-15-7-6-14(2)13-17(15)28-20(18)22-19(25)16-5-4-12-27-16/h4-5,12,14H,3,6-11,13H2,1-2H3,(H,22,25)/t14-/m1/s1. The first kappa shape index (κ1) is 19.6. The molecule has 1 N–H and O–H groups in total. The normalized spacial score (nSPS) is 20.1. The van der Waals surface area contributed by atoms with Crippen LogP contribution in [0.2, 0.25) is 0 Å². The lowest BCUT2D eigenvalue weighted by atomic mass is 9.88. The van der Waals surface area contributed by atoms with E-state index in [1.54, 1.807) is 11.3 Å². The van der Waals surface area contributed by atoms with Gasteiger partial charge >= 0.3 is 0 Å². The smallest absolute Gasteiger partial charge is 0.266 e. The van der Waals surface area contributed by atoms with Gasteiger partial charge < -0.3 is 15.1 Å². The summed E-state index contributed by atoms with van der Waals surface area (Å²) in [7, 11) is 0. The van der Waals surface area contributed by atoms with Crippen molar-refractivity contribution in [1.29, 1.82) is 0 Å². The number of thiophene rings is 2. The van der Waals surface area contributed by atoms with Crippen molar-refractivity contribution in [3.05, 3.63) is 38.4 Å². The maximum Gasteiger partial charge on any atom is 0.266 e. The minimum Gasteiger partial charge on any atom is -0.336 e. The Bertz CT molecular complexity index is 851. The number of amides is 2. The molecular formula is C21H27N3O2S2. The Labute approximate surface area is 174 Å². The highest BCUT2D eigenvalue weighted by Gasteiger charge is 2.32. The molecule has 3 heterocycles. The second-order valence-corrected chi connectivity index (χ2v) is 9.77. The summed E-state index contributed by atoms with van der Waals surface area (Å²) in [6.07, 6.45) is 3.03. The van der Waals surface area contributed by atoms with Crippen LogP contribution in [0.5, 0.6) is 0 Å². The van der Waals surface area contributed by atoms with E-state index >= 15 is 0 Å². The van der Waals surface area contributed by atoms with Gasteiger partial charge in [0.05, 0.1) is 10.4 Å². The summed E-state index contributed by atoms with van der Waals surface area (Å²) in [4.78, 5) is 32.4. The summed E-state index contributed by atoms with van der Waals surface area (Å²) in [6.45, 7) is 8.79. The number of hydrogen-bond acceptors (Lipinski definition) is 5. The van der Waals surface area contributed by atoms with Crippen LogP contribution >= 0.6 is 22.7 Å². The van der Waals surface area contributed by atoms with E-state index in [-0.39, 0.29) is 11.8 Å². The average Bonchev–Trinajstić information content (AvgIpc) is 3.35. The molecule has 0 unspecified atom stereocenters. The molecule has 1 fully saturated rings. The molecule has 2 aromatic heterocycles. The van der Waals surface area contributed by atoms with Crippen molar-refractivity contribution in [2.75, 3.05) is 38.0 Å². The third-order valence-corrected chi connectivity index (χ3v) is 7.84. The number of nitrogens with one attached hydrogen (secondary N) is 1. The van der Waals surface area contributed by atoms with Gasteiger partial charge in [-0.25, -0.2) is 0 Å². The number of rotatable bonds is 4. The molecule has 0 saturated carbocycles. The number of nitrogens with zero attached hydrogens (tertiary/aromatic N) is 2. The van der Waals surface area contributed by atoms with E-state index in [9.17, 15) is 9.59 Å². The summed E-state index contributed by atoms with van der Waals surface area (Å²) >= 11 is 3.03. The fourth-order valence-corrected chi connectivity index (χ4v) is 6.08. The van der Waals surface area contributed by atoms with Gasteiger partial charge in [-0.05, 0) is 48.7 Å². The highest BCUT2D eigenvalue weighted by atomic mass is 32.1. The zero-order chi connectivity index (χ0) is 19.7. The van der Waals surface area contributed by atoms with Crippen molar-refractivity contribution in [2.45, 2.75) is 33.1 Å². The molecule has 150 valence electrons. The third kappa shape index (κ3) is 3.88. The van der Waals surface area contributed by atoms with E-state index < -0.39 is 0 Å². The second kappa shape index (κ2) is 8.35. The Morgan fingerprint density at radius 1 is 1.25 bits per heavy atom. The van der Waals surface area contributed by atoms with Crippen molar-refractivity contribution >= 4 is 39.5 Å². The first-order valence-corrected chi connectivity index (χ1v) is 11.8. The molecular weight excluding hydrogens is 390 g/mol. The molecule has 1 atom stereocenters. The van der Waals surface area contributed by atoms with Gasteiger partial charge in [0.2, 0.25) is 0 Å². The van der Waals surface area contributed by atoms with Gasteiger partial charge in [-0.3, -0.25) is 9.59 Å². The quantitative estimate of drug-likeness (QED) is 0.819. The van der Waals surface area contributed by atoms with Gasteiger partial charge in [0, 0.05) is 31.1 Å². The average molecular weight is 418 g/mol. The number of carbonyl (C=O) groups is 2. The van der Waals surface area contributed by atoms with Gasteiger partial charge in [0.15, 0.2) is 0 Å². The number of fused-ring (bicyclic) bond motifs is 1. The third-order valence-electron chi connectivity index (χ3n) is 5.80. The molecule has 5 nitrogen and oxygen atoms in total. The Balaban J connectivity index is 1.62. The van der Waals surface area contributed by atoms with E-state index in [1.165, 1.54) is 21.8 Å². The van der Waals surface area contributed by atoms with Gasteiger partial charge in [0.25, 0.3) is 11.8 Å². The molecule has 2 amide bonds. The summed E-state index contributed by atoms with van der Waals surface area (Å²) in [6, 6.07) is 3.70. The number of hydrogen-bond donors (Lipinski definition) is 1. The van der Waals surface area contributed by atoms with Gasteiger partial charge in [-0.15, -0.1) is 22.7 Å². The van der Waals surface area contributed by atoms with Crippen molar-refractivity contribution in [2.24, 2.45) is 5.92 Å². The topological polar surface area (TPSA) is 52.6 Å². The molecule has 0 spiro atoms. The lowest BCUT2D eigenvalue weighted by Gasteiger charge is -2.34. The van der Waals surface area contributed by atoms with Crippen molar-refractivity contribution < 1.29 is 9.59 Å². The van der Waals surface area contributed by atoms with Crippen LogP contribution in [-0.2, 0) is 12.8 Å². The van der Waals surface area contributed by atoms with E-state index in [1.807, 2.05) is 22.4 Å². The predicted octanol–water partition coefficient (Wildman–Crippen LogP) is 3.96. The molecule has 1 saturated heterocycles. The van der Waals surface area contributed by atoms with Crippen LogP contribution in [0.4, 0.5) is 5.00 Å². The summed E-state index contributed by atoms with van der Waals surface area (Å²) in [5.41, 5.74) is 1.93. The van der Waals surface area contributed by atoms with E-state index in [0.29, 0.717) is 10.8 Å². The van der Waals surface area contributed by atoms with Crippen LogP contribution in [-0.4, -0.2) is 54.3 Å². The number of likely N-dealkylation sites (N-methyl/N-ethyl adjacent to an activating group) is 1. The summed E-state index contributed by atoms with van der Waals surface area (Å²) < 4.78 is 0. The van der Waals surface area contributed by atoms with Crippen LogP contribution in [0.1, 0.15) is 50.7 Å². The maximum absolute atomic E-state index is 13.5. The second-order valence-electron chi connectivity index (χ2n) is 7.71. The molecule has 0 aromatic carbocycles. The molecule has 1 aliphatic carbocycles. The zero-order valence-corrected chi connectivity index (χ0v) is 18.1. The number of carbonyl (C=O) groups excluding carboxylic acids is 2. The molecule has 4 rings (SSSR count). The minimum atomic E-state index is -0.119. The zero-order valence-electron chi connectivity index (χ0n) is 16.5. The highest BCUT2D eigenvalue weighted by Crippen LogP contribution is 2.40. The predicted molar refractivity (Wildman–Crippen MR) is 116 cm³/mol. The van der Waals surface area contributed by atoms with Crippen LogP contribution in [0.25, 0.3) is 0 Å². The van der Waals surface area contributed by atoms with E-state index in [4.69, 9.17) is 0 Å². The van der Waals surface area contributed by atoms with E-state index in [2.05, 4.69) is 24.1 Å². The van der Waals surface area contributed by atoms with Crippen molar-refractivity contribution in [3.63, 3.8) is 0 Å².